The van der Waals surface area contributed by atoms with Crippen molar-refractivity contribution in [3.63, 3.8) is 0 Å². The van der Waals surface area contributed by atoms with E-state index in [-0.39, 0.29) is 5.78 Å². The molecule has 3 rings (SSSR count). The minimum absolute atomic E-state index is 0.0350. The molecule has 0 saturated heterocycles. The molecule has 0 amide bonds. The van der Waals surface area contributed by atoms with Gasteiger partial charge in [0.25, 0.3) is 0 Å². The molecule has 2 aromatic carbocycles. The summed E-state index contributed by atoms with van der Waals surface area (Å²) < 4.78 is 5.23. The molecule has 0 atom stereocenters. The molecule has 0 aliphatic carbocycles. The van der Waals surface area contributed by atoms with Gasteiger partial charge in [-0.3, -0.25) is 4.79 Å². The summed E-state index contributed by atoms with van der Waals surface area (Å²) in [7, 11) is 1.66. The summed E-state index contributed by atoms with van der Waals surface area (Å²) in [5, 5.41) is 14.3. The van der Waals surface area contributed by atoms with Crippen molar-refractivity contribution in [2.24, 2.45) is 0 Å². The van der Waals surface area contributed by atoms with Crippen LogP contribution in [0.4, 0.5) is 17.5 Å². The third-order valence-corrected chi connectivity index (χ3v) is 3.95. The molecule has 0 radical (unpaired) electrons. The maximum Gasteiger partial charge on any atom is 0.244 e. The average Bonchev–Trinajstić information content (AvgIpc) is 2.69. The fraction of sp³-hybridized carbons (Fsp3) is 0.200. The Hall–Kier alpha value is -3.48. The zero-order valence-electron chi connectivity index (χ0n) is 15.3. The van der Waals surface area contributed by atoms with Crippen LogP contribution in [-0.2, 0) is 6.42 Å². The number of nitrogens with zero attached hydrogens (tertiary/aromatic N) is 3. The largest absolute Gasteiger partial charge is 0.497 e. The molecule has 0 fully saturated rings. The van der Waals surface area contributed by atoms with Crippen LogP contribution in [-0.4, -0.2) is 34.6 Å². The molecule has 0 aliphatic rings. The molecule has 0 unspecified atom stereocenters. The third-order valence-electron chi connectivity index (χ3n) is 3.95. The van der Waals surface area contributed by atoms with Crippen LogP contribution in [0.2, 0.25) is 0 Å². The maximum absolute atomic E-state index is 11.3. The van der Waals surface area contributed by atoms with Gasteiger partial charge in [-0.2, -0.15) is 10.1 Å². The summed E-state index contributed by atoms with van der Waals surface area (Å²) >= 11 is 0. The van der Waals surface area contributed by atoms with Crippen molar-refractivity contribution in [1.29, 1.82) is 0 Å². The van der Waals surface area contributed by atoms with Crippen LogP contribution in [0.5, 0.6) is 5.75 Å². The van der Waals surface area contributed by atoms with Crippen LogP contribution in [0, 0.1) is 0 Å². The number of Topliss-reactive ketones (excluding diaryl/α,β-unsaturated/α-hetero) is 1. The lowest BCUT2D eigenvalue weighted by atomic mass is 10.1. The van der Waals surface area contributed by atoms with Crippen LogP contribution >= 0.6 is 0 Å². The van der Waals surface area contributed by atoms with Crippen LogP contribution in [0.3, 0.4) is 0 Å². The lowest BCUT2D eigenvalue weighted by Gasteiger charge is -2.08. The number of methoxy groups -OCH3 is 1. The van der Waals surface area contributed by atoms with Crippen molar-refractivity contribution in [1.82, 2.24) is 15.2 Å². The number of aromatic nitrogens is 3. The first-order chi connectivity index (χ1) is 13.1. The molecule has 138 valence electrons. The van der Waals surface area contributed by atoms with E-state index in [1.165, 1.54) is 0 Å². The number of hydrogen-bond donors (Lipinski definition) is 2. The topological polar surface area (TPSA) is 89.0 Å². The molecule has 27 heavy (non-hydrogen) atoms. The van der Waals surface area contributed by atoms with Crippen molar-refractivity contribution in [2.45, 2.75) is 13.3 Å². The summed E-state index contributed by atoms with van der Waals surface area (Å²) in [4.78, 5) is 15.7. The predicted octanol–water partition coefficient (Wildman–Crippen LogP) is 3.48. The molecule has 0 aliphatic heterocycles. The van der Waals surface area contributed by atoms with E-state index in [4.69, 9.17) is 4.74 Å². The van der Waals surface area contributed by atoms with Gasteiger partial charge in [-0.1, -0.05) is 12.1 Å². The van der Waals surface area contributed by atoms with Crippen molar-refractivity contribution >= 4 is 23.2 Å². The second-order valence-electron chi connectivity index (χ2n) is 5.95. The van der Waals surface area contributed by atoms with E-state index in [2.05, 4.69) is 25.8 Å². The van der Waals surface area contributed by atoms with Crippen LogP contribution in [0.15, 0.2) is 54.7 Å². The number of hydrogen-bond acceptors (Lipinski definition) is 7. The van der Waals surface area contributed by atoms with Crippen LogP contribution < -0.4 is 15.4 Å². The molecule has 0 spiro atoms. The molecule has 3 aromatic rings. The highest BCUT2D eigenvalue weighted by molar-refractivity contribution is 5.94. The van der Waals surface area contributed by atoms with Crippen molar-refractivity contribution < 1.29 is 9.53 Å². The summed E-state index contributed by atoms with van der Waals surface area (Å²) in [6, 6.07) is 15.1. The average molecular weight is 363 g/mol. The fourth-order valence-corrected chi connectivity index (χ4v) is 2.52. The van der Waals surface area contributed by atoms with Gasteiger partial charge in [0, 0.05) is 17.8 Å². The number of anilines is 3. The Balaban J connectivity index is 1.57. The Labute approximate surface area is 157 Å². The van der Waals surface area contributed by atoms with Gasteiger partial charge in [0.1, 0.15) is 5.75 Å². The van der Waals surface area contributed by atoms with E-state index in [9.17, 15) is 4.79 Å². The van der Waals surface area contributed by atoms with Crippen LogP contribution in [0.1, 0.15) is 22.8 Å². The van der Waals surface area contributed by atoms with Gasteiger partial charge in [0.05, 0.1) is 13.3 Å². The molecule has 1 aromatic heterocycles. The van der Waals surface area contributed by atoms with Crippen molar-refractivity contribution in [3.8, 4) is 5.75 Å². The van der Waals surface area contributed by atoms with Gasteiger partial charge in [-0.05, 0) is 55.3 Å². The third kappa shape index (κ3) is 5.24. The highest BCUT2D eigenvalue weighted by Gasteiger charge is 2.03. The Bertz CT molecular complexity index is 912. The number of ketones is 1. The zero-order valence-corrected chi connectivity index (χ0v) is 15.3. The fourth-order valence-electron chi connectivity index (χ4n) is 2.52. The molecular formula is C20H21N5O2. The van der Waals surface area contributed by atoms with E-state index in [1.54, 1.807) is 32.4 Å². The monoisotopic (exact) mass is 363 g/mol. The minimum Gasteiger partial charge on any atom is -0.497 e. The number of rotatable bonds is 8. The molecule has 0 bridgehead atoms. The quantitative estimate of drug-likeness (QED) is 0.592. The van der Waals surface area contributed by atoms with Gasteiger partial charge in [0.2, 0.25) is 5.95 Å². The summed E-state index contributed by atoms with van der Waals surface area (Å²) in [5.41, 5.74) is 2.65. The van der Waals surface area contributed by atoms with Crippen molar-refractivity contribution in [3.05, 3.63) is 65.9 Å². The highest BCUT2D eigenvalue weighted by atomic mass is 16.5. The van der Waals surface area contributed by atoms with Crippen LogP contribution in [0.25, 0.3) is 0 Å². The first-order valence-corrected chi connectivity index (χ1v) is 8.58. The van der Waals surface area contributed by atoms with Gasteiger partial charge >= 0.3 is 0 Å². The Morgan fingerprint density at radius 1 is 1.15 bits per heavy atom. The summed E-state index contributed by atoms with van der Waals surface area (Å²) in [6.07, 6.45) is 2.36. The second kappa shape index (κ2) is 8.75. The lowest BCUT2D eigenvalue weighted by Crippen LogP contribution is -2.09. The van der Waals surface area contributed by atoms with Gasteiger partial charge in [0.15, 0.2) is 11.6 Å². The Kier molecular flexibility index (Phi) is 5.94. The first kappa shape index (κ1) is 18.3. The van der Waals surface area contributed by atoms with E-state index >= 15 is 0 Å². The molecule has 1 heterocycles. The lowest BCUT2D eigenvalue weighted by molar-refractivity contribution is 0.101. The SMILES string of the molecule is COc1cccc(CCNc2nncc(Nc3ccc(C(C)=O)cc3)n2)c1. The van der Waals surface area contributed by atoms with E-state index < -0.39 is 0 Å². The Morgan fingerprint density at radius 3 is 2.70 bits per heavy atom. The normalized spacial score (nSPS) is 10.3. The zero-order chi connectivity index (χ0) is 19.1. The minimum atomic E-state index is 0.0350. The molecule has 2 N–H and O–H groups in total. The van der Waals surface area contributed by atoms with Gasteiger partial charge in [-0.15, -0.1) is 5.10 Å². The molecular weight excluding hydrogens is 342 g/mol. The van der Waals surface area contributed by atoms with Gasteiger partial charge < -0.3 is 15.4 Å². The first-order valence-electron chi connectivity index (χ1n) is 8.58. The van der Waals surface area contributed by atoms with Crippen molar-refractivity contribution in [2.75, 3.05) is 24.3 Å². The molecule has 0 saturated carbocycles. The second-order valence-corrected chi connectivity index (χ2v) is 5.95. The summed E-state index contributed by atoms with van der Waals surface area (Å²) in [6.45, 7) is 2.21. The predicted molar refractivity (Wildman–Crippen MR) is 105 cm³/mol. The summed E-state index contributed by atoms with van der Waals surface area (Å²) in [5.74, 6) is 1.90. The number of carbonyl (C=O) groups excluding carboxylic acids is 1. The highest BCUT2D eigenvalue weighted by Crippen LogP contribution is 2.16. The smallest absolute Gasteiger partial charge is 0.244 e. The Morgan fingerprint density at radius 2 is 1.96 bits per heavy atom. The van der Waals surface area contributed by atoms with E-state index in [0.717, 1.165) is 23.4 Å². The number of nitrogens with one attached hydrogen (secondary N) is 2. The number of carbonyl (C=O) groups is 1. The van der Waals surface area contributed by atoms with Gasteiger partial charge in [-0.25, -0.2) is 0 Å². The standard InChI is InChI=1S/C20H21N5O2/c1-14(26)16-6-8-17(9-7-16)23-19-13-22-25-20(24-19)21-11-10-15-4-3-5-18(12-15)27-2/h3-9,12-13H,10-11H2,1-2H3,(H2,21,23,24,25). The molecule has 7 nitrogen and oxygen atoms in total. The van der Waals surface area contributed by atoms with E-state index in [0.29, 0.717) is 23.9 Å². The number of benzene rings is 2. The maximum atomic E-state index is 11.3. The molecule has 7 heteroatoms. The number of ether oxygens (including phenoxy) is 1. The van der Waals surface area contributed by atoms with E-state index in [1.807, 2.05) is 36.4 Å².